The van der Waals surface area contributed by atoms with Crippen LogP contribution in [0.25, 0.3) is 0 Å². The van der Waals surface area contributed by atoms with Crippen LogP contribution in [0.3, 0.4) is 0 Å². The zero-order valence-electron chi connectivity index (χ0n) is 15.9. The van der Waals surface area contributed by atoms with Crippen LogP contribution >= 0.6 is 11.6 Å². The maximum atomic E-state index is 11.4. The Morgan fingerprint density at radius 2 is 1.52 bits per heavy atom. The van der Waals surface area contributed by atoms with Crippen LogP contribution in [-0.4, -0.2) is 17.7 Å². The molecule has 3 aromatic rings. The summed E-state index contributed by atoms with van der Waals surface area (Å²) in [5.74, 6) is 0.405. The van der Waals surface area contributed by atoms with Crippen molar-refractivity contribution in [3.63, 3.8) is 0 Å². The van der Waals surface area contributed by atoms with Crippen LogP contribution in [0.1, 0.15) is 28.4 Å². The first kappa shape index (κ1) is 20.6. The molecule has 0 atom stereocenters. The van der Waals surface area contributed by atoms with Gasteiger partial charge in [0.1, 0.15) is 24.5 Å². The highest BCUT2D eigenvalue weighted by Crippen LogP contribution is 2.30. The molecule has 3 rings (SSSR count). The number of carbonyl (C=O) groups is 1. The summed E-state index contributed by atoms with van der Waals surface area (Å²) in [4.78, 5) is 11.4. The van der Waals surface area contributed by atoms with E-state index in [1.54, 1.807) is 12.1 Å². The molecular formula is C23H21ClO5. The van der Waals surface area contributed by atoms with Crippen molar-refractivity contribution in [2.45, 2.75) is 20.1 Å². The van der Waals surface area contributed by atoms with Crippen LogP contribution in [0.4, 0.5) is 0 Å². The lowest BCUT2D eigenvalue weighted by Gasteiger charge is -2.14. The molecule has 0 saturated carbocycles. The minimum absolute atomic E-state index is 0.0188. The number of hydrogen-bond acceptors (Lipinski definition) is 4. The van der Waals surface area contributed by atoms with Gasteiger partial charge in [0.2, 0.25) is 0 Å². The molecule has 150 valence electrons. The molecule has 0 radical (unpaired) electrons. The van der Waals surface area contributed by atoms with Crippen LogP contribution in [0.15, 0.2) is 66.7 Å². The summed E-state index contributed by atoms with van der Waals surface area (Å²) in [6, 6.07) is 19.9. The van der Waals surface area contributed by atoms with E-state index in [2.05, 4.69) is 0 Å². The first-order valence-electron chi connectivity index (χ1n) is 9.15. The van der Waals surface area contributed by atoms with Crippen molar-refractivity contribution >= 4 is 17.6 Å². The molecule has 0 heterocycles. The Kier molecular flexibility index (Phi) is 6.98. The number of carboxylic acids is 1. The molecule has 5 nitrogen and oxygen atoms in total. The summed E-state index contributed by atoms with van der Waals surface area (Å²) in [6.45, 7) is 3.01. The molecule has 0 fully saturated rings. The second-order valence-corrected chi connectivity index (χ2v) is 6.66. The standard InChI is InChI=1S/C23H21ClO5/c1-2-27-22-12-17(8-10-21(22)29-14-16-6-4-3-5-7-16)15-28-20-11-9-18(24)13-19(20)23(25)26/h3-13H,2,14-15H2,1H3,(H,25,26). The van der Waals surface area contributed by atoms with Crippen molar-refractivity contribution in [3.8, 4) is 17.2 Å². The van der Waals surface area contributed by atoms with E-state index in [4.69, 9.17) is 25.8 Å². The summed E-state index contributed by atoms with van der Waals surface area (Å²) >= 11 is 5.88. The molecule has 0 amide bonds. The van der Waals surface area contributed by atoms with E-state index in [0.717, 1.165) is 11.1 Å². The number of hydrogen-bond donors (Lipinski definition) is 1. The lowest BCUT2D eigenvalue weighted by atomic mass is 10.2. The van der Waals surface area contributed by atoms with E-state index >= 15 is 0 Å². The van der Waals surface area contributed by atoms with Crippen LogP contribution < -0.4 is 14.2 Å². The summed E-state index contributed by atoms with van der Waals surface area (Å²) in [5, 5.41) is 9.66. The van der Waals surface area contributed by atoms with E-state index < -0.39 is 5.97 Å². The SMILES string of the molecule is CCOc1cc(COc2ccc(Cl)cc2C(=O)O)ccc1OCc1ccccc1. The zero-order chi connectivity index (χ0) is 20.6. The molecular weight excluding hydrogens is 392 g/mol. The predicted molar refractivity (Wildman–Crippen MR) is 111 cm³/mol. The van der Waals surface area contributed by atoms with Crippen LogP contribution in [0.2, 0.25) is 5.02 Å². The minimum atomic E-state index is -1.10. The van der Waals surface area contributed by atoms with Crippen LogP contribution in [0, 0.1) is 0 Å². The van der Waals surface area contributed by atoms with E-state index in [9.17, 15) is 9.90 Å². The van der Waals surface area contributed by atoms with Crippen molar-refractivity contribution in [1.82, 2.24) is 0 Å². The highest BCUT2D eigenvalue weighted by molar-refractivity contribution is 6.31. The Labute approximate surface area is 174 Å². The van der Waals surface area contributed by atoms with Crippen molar-refractivity contribution in [1.29, 1.82) is 0 Å². The van der Waals surface area contributed by atoms with Crippen LogP contribution in [-0.2, 0) is 13.2 Å². The van der Waals surface area contributed by atoms with E-state index in [0.29, 0.717) is 29.7 Å². The molecule has 1 N–H and O–H groups in total. The summed E-state index contributed by atoms with van der Waals surface area (Å²) in [5.41, 5.74) is 1.91. The van der Waals surface area contributed by atoms with Gasteiger partial charge in [-0.3, -0.25) is 0 Å². The van der Waals surface area contributed by atoms with Gasteiger partial charge in [-0.15, -0.1) is 0 Å². The molecule has 29 heavy (non-hydrogen) atoms. The second-order valence-electron chi connectivity index (χ2n) is 6.22. The molecule has 0 aliphatic heterocycles. The van der Waals surface area contributed by atoms with Crippen molar-refractivity contribution < 1.29 is 24.1 Å². The number of rotatable bonds is 9. The normalized spacial score (nSPS) is 10.4. The number of benzene rings is 3. The second kappa shape index (κ2) is 9.85. The number of ether oxygens (including phenoxy) is 3. The highest BCUT2D eigenvalue weighted by atomic mass is 35.5. The molecule has 0 aliphatic rings. The van der Waals surface area contributed by atoms with Crippen molar-refractivity contribution in [3.05, 3.63) is 88.4 Å². The summed E-state index contributed by atoms with van der Waals surface area (Å²) in [7, 11) is 0. The molecule has 0 spiro atoms. The topological polar surface area (TPSA) is 65.0 Å². The molecule has 0 aromatic heterocycles. The number of carboxylic acid groups (broad SMARTS) is 1. The van der Waals surface area contributed by atoms with Crippen LogP contribution in [0.5, 0.6) is 17.2 Å². The predicted octanol–water partition coefficient (Wildman–Crippen LogP) is 5.59. The van der Waals surface area contributed by atoms with Gasteiger partial charge in [0.25, 0.3) is 0 Å². The Hall–Kier alpha value is -3.18. The highest BCUT2D eigenvalue weighted by Gasteiger charge is 2.13. The minimum Gasteiger partial charge on any atom is -0.490 e. The molecule has 0 saturated heterocycles. The van der Waals surface area contributed by atoms with Gasteiger partial charge in [0.05, 0.1) is 6.61 Å². The smallest absolute Gasteiger partial charge is 0.339 e. The quantitative estimate of drug-likeness (QED) is 0.496. The van der Waals surface area contributed by atoms with Gasteiger partial charge in [0.15, 0.2) is 11.5 Å². The summed E-state index contributed by atoms with van der Waals surface area (Å²) in [6.07, 6.45) is 0. The van der Waals surface area contributed by atoms with Gasteiger partial charge in [-0.2, -0.15) is 0 Å². The fraction of sp³-hybridized carbons (Fsp3) is 0.174. The number of halogens is 1. The Bertz CT molecular complexity index is 972. The first-order valence-corrected chi connectivity index (χ1v) is 9.52. The summed E-state index contributed by atoms with van der Waals surface area (Å²) < 4.78 is 17.3. The Morgan fingerprint density at radius 3 is 2.24 bits per heavy atom. The third-order valence-electron chi connectivity index (χ3n) is 4.11. The lowest BCUT2D eigenvalue weighted by Crippen LogP contribution is -2.04. The number of aromatic carboxylic acids is 1. The van der Waals surface area contributed by atoms with E-state index in [-0.39, 0.29) is 17.9 Å². The Morgan fingerprint density at radius 1 is 0.828 bits per heavy atom. The fourth-order valence-corrected chi connectivity index (χ4v) is 2.89. The van der Waals surface area contributed by atoms with Crippen molar-refractivity contribution in [2.24, 2.45) is 0 Å². The van der Waals surface area contributed by atoms with Gasteiger partial charge < -0.3 is 19.3 Å². The molecule has 0 aliphatic carbocycles. The largest absolute Gasteiger partial charge is 0.490 e. The average molecular weight is 413 g/mol. The molecule has 3 aromatic carbocycles. The fourth-order valence-electron chi connectivity index (χ4n) is 2.72. The van der Waals surface area contributed by atoms with Gasteiger partial charge in [-0.05, 0) is 48.4 Å². The van der Waals surface area contributed by atoms with E-state index in [1.165, 1.54) is 6.07 Å². The van der Waals surface area contributed by atoms with Gasteiger partial charge >= 0.3 is 5.97 Å². The maximum absolute atomic E-state index is 11.4. The van der Waals surface area contributed by atoms with Gasteiger partial charge in [0, 0.05) is 5.02 Å². The maximum Gasteiger partial charge on any atom is 0.339 e. The molecule has 6 heteroatoms. The molecule has 0 unspecified atom stereocenters. The third-order valence-corrected chi connectivity index (χ3v) is 4.35. The molecule has 0 bridgehead atoms. The lowest BCUT2D eigenvalue weighted by molar-refractivity contribution is 0.0691. The van der Waals surface area contributed by atoms with Gasteiger partial charge in [-0.1, -0.05) is 48.0 Å². The third kappa shape index (κ3) is 5.65. The first-order chi connectivity index (χ1) is 14.1. The monoisotopic (exact) mass is 412 g/mol. The average Bonchev–Trinajstić information content (AvgIpc) is 2.73. The van der Waals surface area contributed by atoms with Gasteiger partial charge in [-0.25, -0.2) is 4.79 Å². The van der Waals surface area contributed by atoms with E-state index in [1.807, 2.05) is 55.5 Å². The Balaban J connectivity index is 1.72. The van der Waals surface area contributed by atoms with Crippen molar-refractivity contribution in [2.75, 3.05) is 6.61 Å². The zero-order valence-corrected chi connectivity index (χ0v) is 16.7.